The standard InChI is InChI=1S/C17H25N5O2/c1-4-15(17(23)19-16-9-12(2)24-20-16)22-7-5-13(6-8-22)14-10-18-21(3)11-14/h9-11,13,15H,4-8H2,1-3H3,(H,19,20,23)/t15-/m0/s1. The maximum atomic E-state index is 12.6. The molecule has 1 aliphatic heterocycles. The predicted octanol–water partition coefficient (Wildman–Crippen LogP) is 2.31. The van der Waals surface area contributed by atoms with Gasteiger partial charge in [0.25, 0.3) is 0 Å². The summed E-state index contributed by atoms with van der Waals surface area (Å²) in [5.41, 5.74) is 1.30. The van der Waals surface area contributed by atoms with Crippen LogP contribution in [0.2, 0.25) is 0 Å². The van der Waals surface area contributed by atoms with Gasteiger partial charge in [-0.25, -0.2) is 0 Å². The number of hydrogen-bond acceptors (Lipinski definition) is 5. The van der Waals surface area contributed by atoms with E-state index in [2.05, 4.69) is 26.7 Å². The monoisotopic (exact) mass is 331 g/mol. The normalized spacial score (nSPS) is 17.8. The Morgan fingerprint density at radius 3 is 2.75 bits per heavy atom. The second-order valence-electron chi connectivity index (χ2n) is 6.49. The third-order valence-corrected chi connectivity index (χ3v) is 4.74. The predicted molar refractivity (Wildman–Crippen MR) is 90.7 cm³/mol. The van der Waals surface area contributed by atoms with Gasteiger partial charge in [-0.3, -0.25) is 14.4 Å². The van der Waals surface area contributed by atoms with Crippen molar-refractivity contribution in [2.45, 2.75) is 45.1 Å². The van der Waals surface area contributed by atoms with Crippen LogP contribution in [0.1, 0.15) is 43.4 Å². The average molecular weight is 331 g/mol. The number of nitrogens with zero attached hydrogens (tertiary/aromatic N) is 4. The molecule has 1 amide bonds. The Bertz CT molecular complexity index is 685. The van der Waals surface area contributed by atoms with Gasteiger partial charge < -0.3 is 9.84 Å². The fraction of sp³-hybridized carbons (Fsp3) is 0.588. The topological polar surface area (TPSA) is 76.2 Å². The van der Waals surface area contributed by atoms with Gasteiger partial charge in [0.2, 0.25) is 5.91 Å². The zero-order valence-electron chi connectivity index (χ0n) is 14.5. The van der Waals surface area contributed by atoms with Gasteiger partial charge in [0.1, 0.15) is 5.76 Å². The first-order valence-corrected chi connectivity index (χ1v) is 8.53. The number of hydrogen-bond donors (Lipinski definition) is 1. The number of anilines is 1. The summed E-state index contributed by atoms with van der Waals surface area (Å²) in [5, 5.41) is 11.0. The summed E-state index contributed by atoms with van der Waals surface area (Å²) >= 11 is 0. The van der Waals surface area contributed by atoms with E-state index in [0.717, 1.165) is 32.4 Å². The van der Waals surface area contributed by atoms with E-state index in [9.17, 15) is 4.79 Å². The van der Waals surface area contributed by atoms with E-state index in [1.807, 2.05) is 31.8 Å². The van der Waals surface area contributed by atoms with E-state index >= 15 is 0 Å². The Balaban J connectivity index is 1.57. The lowest BCUT2D eigenvalue weighted by Crippen LogP contribution is -2.47. The minimum atomic E-state index is -0.128. The van der Waals surface area contributed by atoms with Crippen molar-refractivity contribution in [1.29, 1.82) is 0 Å². The Morgan fingerprint density at radius 2 is 2.21 bits per heavy atom. The molecule has 0 aromatic carbocycles. The summed E-state index contributed by atoms with van der Waals surface area (Å²) in [4.78, 5) is 14.8. The number of amides is 1. The van der Waals surface area contributed by atoms with Gasteiger partial charge in [-0.05, 0) is 50.8 Å². The summed E-state index contributed by atoms with van der Waals surface area (Å²) in [7, 11) is 1.95. The highest BCUT2D eigenvalue weighted by atomic mass is 16.5. The molecule has 1 saturated heterocycles. The molecular formula is C17H25N5O2. The lowest BCUT2D eigenvalue weighted by Gasteiger charge is -2.36. The molecule has 1 N–H and O–H groups in total. The Kier molecular flexibility index (Phi) is 4.99. The average Bonchev–Trinajstić information content (AvgIpc) is 3.17. The van der Waals surface area contributed by atoms with Crippen LogP contribution in [0, 0.1) is 6.92 Å². The van der Waals surface area contributed by atoms with Gasteiger partial charge in [-0.1, -0.05) is 12.1 Å². The van der Waals surface area contributed by atoms with Gasteiger partial charge in [-0.2, -0.15) is 5.10 Å². The largest absolute Gasteiger partial charge is 0.360 e. The SMILES string of the molecule is CC[C@@H](C(=O)Nc1cc(C)on1)N1CCC(c2cnn(C)c2)CC1. The van der Waals surface area contributed by atoms with Crippen LogP contribution in [0.15, 0.2) is 23.0 Å². The summed E-state index contributed by atoms with van der Waals surface area (Å²) in [6.07, 6.45) is 6.94. The molecule has 130 valence electrons. The molecular weight excluding hydrogens is 306 g/mol. The number of carbonyl (C=O) groups is 1. The molecule has 2 aromatic rings. The van der Waals surface area contributed by atoms with Crippen LogP contribution in [-0.2, 0) is 11.8 Å². The second-order valence-corrected chi connectivity index (χ2v) is 6.49. The summed E-state index contributed by atoms with van der Waals surface area (Å²) < 4.78 is 6.85. The van der Waals surface area contributed by atoms with Crippen molar-refractivity contribution in [2.24, 2.45) is 7.05 Å². The summed E-state index contributed by atoms with van der Waals surface area (Å²) in [6.45, 7) is 5.70. The van der Waals surface area contributed by atoms with Crippen LogP contribution < -0.4 is 5.32 Å². The Labute approximate surface area is 142 Å². The van der Waals surface area contributed by atoms with Crippen molar-refractivity contribution in [3.8, 4) is 0 Å². The highest BCUT2D eigenvalue weighted by molar-refractivity contribution is 5.94. The number of aromatic nitrogens is 3. The lowest BCUT2D eigenvalue weighted by molar-refractivity contribution is -0.121. The Morgan fingerprint density at radius 1 is 1.46 bits per heavy atom. The molecule has 3 rings (SSSR count). The molecule has 0 bridgehead atoms. The third kappa shape index (κ3) is 3.67. The van der Waals surface area contributed by atoms with Gasteiger partial charge in [0, 0.05) is 19.3 Å². The minimum absolute atomic E-state index is 0.00868. The minimum Gasteiger partial charge on any atom is -0.360 e. The van der Waals surface area contributed by atoms with E-state index < -0.39 is 0 Å². The van der Waals surface area contributed by atoms with E-state index in [1.54, 1.807) is 6.07 Å². The summed E-state index contributed by atoms with van der Waals surface area (Å²) in [5.74, 6) is 1.70. The van der Waals surface area contributed by atoms with Crippen molar-refractivity contribution in [3.63, 3.8) is 0 Å². The van der Waals surface area contributed by atoms with Gasteiger partial charge in [0.15, 0.2) is 5.82 Å². The van der Waals surface area contributed by atoms with Crippen LogP contribution in [0.3, 0.4) is 0 Å². The molecule has 24 heavy (non-hydrogen) atoms. The van der Waals surface area contributed by atoms with E-state index in [0.29, 0.717) is 17.5 Å². The van der Waals surface area contributed by atoms with E-state index in [-0.39, 0.29) is 11.9 Å². The first kappa shape index (κ1) is 16.7. The molecule has 1 atom stereocenters. The third-order valence-electron chi connectivity index (χ3n) is 4.74. The zero-order valence-corrected chi connectivity index (χ0v) is 14.5. The number of piperidine rings is 1. The van der Waals surface area contributed by atoms with Crippen LogP contribution in [0.25, 0.3) is 0 Å². The molecule has 0 saturated carbocycles. The molecule has 0 spiro atoms. The maximum absolute atomic E-state index is 12.6. The smallest absolute Gasteiger partial charge is 0.242 e. The van der Waals surface area contributed by atoms with Gasteiger partial charge in [0.05, 0.1) is 12.2 Å². The lowest BCUT2D eigenvalue weighted by atomic mass is 9.90. The van der Waals surface area contributed by atoms with Crippen molar-refractivity contribution in [2.75, 3.05) is 18.4 Å². The molecule has 0 unspecified atom stereocenters. The number of nitrogens with one attached hydrogen (secondary N) is 1. The highest BCUT2D eigenvalue weighted by Crippen LogP contribution is 2.29. The van der Waals surface area contributed by atoms with E-state index in [1.165, 1.54) is 5.56 Å². The van der Waals surface area contributed by atoms with Crippen molar-refractivity contribution in [3.05, 3.63) is 29.8 Å². The second kappa shape index (κ2) is 7.17. The molecule has 7 heteroatoms. The number of carbonyl (C=O) groups excluding carboxylic acids is 1. The molecule has 3 heterocycles. The molecule has 1 aliphatic rings. The number of likely N-dealkylation sites (tertiary alicyclic amines) is 1. The fourth-order valence-electron chi connectivity index (χ4n) is 3.44. The fourth-order valence-corrected chi connectivity index (χ4v) is 3.44. The van der Waals surface area contributed by atoms with Crippen molar-refractivity contribution >= 4 is 11.7 Å². The number of aryl methyl sites for hydroxylation is 2. The van der Waals surface area contributed by atoms with Crippen LogP contribution in [0.4, 0.5) is 5.82 Å². The molecule has 2 aromatic heterocycles. The molecule has 0 radical (unpaired) electrons. The zero-order chi connectivity index (χ0) is 17.1. The van der Waals surface area contributed by atoms with E-state index in [4.69, 9.17) is 4.52 Å². The van der Waals surface area contributed by atoms with Gasteiger partial charge in [-0.15, -0.1) is 0 Å². The highest BCUT2D eigenvalue weighted by Gasteiger charge is 2.29. The number of rotatable bonds is 5. The summed E-state index contributed by atoms with van der Waals surface area (Å²) in [6, 6.07) is 1.61. The maximum Gasteiger partial charge on any atom is 0.242 e. The first-order chi connectivity index (χ1) is 11.6. The first-order valence-electron chi connectivity index (χ1n) is 8.53. The molecule has 1 fully saturated rings. The van der Waals surface area contributed by atoms with Crippen LogP contribution in [-0.4, -0.2) is 44.9 Å². The Hall–Kier alpha value is -2.15. The molecule has 7 nitrogen and oxygen atoms in total. The molecule has 0 aliphatic carbocycles. The van der Waals surface area contributed by atoms with Crippen molar-refractivity contribution in [1.82, 2.24) is 19.8 Å². The van der Waals surface area contributed by atoms with Crippen LogP contribution >= 0.6 is 0 Å². The van der Waals surface area contributed by atoms with Crippen LogP contribution in [0.5, 0.6) is 0 Å². The van der Waals surface area contributed by atoms with Gasteiger partial charge >= 0.3 is 0 Å². The van der Waals surface area contributed by atoms with Crippen molar-refractivity contribution < 1.29 is 9.32 Å². The quantitative estimate of drug-likeness (QED) is 0.910.